The first kappa shape index (κ1) is 12.8. The van der Waals surface area contributed by atoms with Crippen LogP contribution in [0.25, 0.3) is 0 Å². The number of nitrogens with one attached hydrogen (secondary N) is 1. The van der Waals surface area contributed by atoms with Crippen LogP contribution in [-0.4, -0.2) is 29.3 Å². The lowest BCUT2D eigenvalue weighted by Gasteiger charge is -2.39. The average molecular weight is 277 g/mol. The summed E-state index contributed by atoms with van der Waals surface area (Å²) in [5.41, 5.74) is 0.265. The number of thiophene rings is 1. The van der Waals surface area contributed by atoms with Crippen LogP contribution in [0.2, 0.25) is 0 Å². The molecule has 0 saturated carbocycles. The predicted molar refractivity (Wildman–Crippen MR) is 76.3 cm³/mol. The third kappa shape index (κ3) is 2.59. The molecule has 2 aromatic rings. The molecule has 1 fully saturated rings. The van der Waals surface area contributed by atoms with E-state index in [0.717, 1.165) is 25.6 Å². The van der Waals surface area contributed by atoms with Gasteiger partial charge in [-0.25, -0.2) is 4.98 Å². The number of hydrogen-bond acceptors (Lipinski definition) is 4. The number of aromatic nitrogens is 2. The Kier molecular flexibility index (Phi) is 3.43. The van der Waals surface area contributed by atoms with Gasteiger partial charge >= 0.3 is 0 Å². The molecule has 2 aromatic heterocycles. The predicted octanol–water partition coefficient (Wildman–Crippen LogP) is 2.20. The van der Waals surface area contributed by atoms with Crippen LogP contribution in [0, 0.1) is 5.41 Å². The zero-order chi connectivity index (χ0) is 13.3. The summed E-state index contributed by atoms with van der Waals surface area (Å²) in [6, 6.07) is 4.42. The maximum absolute atomic E-state index is 5.32. The van der Waals surface area contributed by atoms with E-state index in [1.807, 2.05) is 19.4 Å². The minimum Gasteiger partial charge on any atom is -0.380 e. The highest BCUT2D eigenvalue weighted by Crippen LogP contribution is 2.29. The first-order chi connectivity index (χ1) is 9.18. The van der Waals surface area contributed by atoms with Crippen molar-refractivity contribution in [3.05, 3.63) is 40.6 Å². The van der Waals surface area contributed by atoms with Crippen LogP contribution < -0.4 is 5.32 Å². The van der Waals surface area contributed by atoms with Gasteiger partial charge in [0, 0.05) is 36.3 Å². The zero-order valence-electron chi connectivity index (χ0n) is 11.3. The fourth-order valence-electron chi connectivity index (χ4n) is 2.33. The van der Waals surface area contributed by atoms with Crippen molar-refractivity contribution in [2.24, 2.45) is 12.5 Å². The summed E-state index contributed by atoms with van der Waals surface area (Å²) in [5, 5.41) is 5.77. The van der Waals surface area contributed by atoms with Gasteiger partial charge in [0.25, 0.3) is 0 Å². The van der Waals surface area contributed by atoms with Crippen molar-refractivity contribution in [3.63, 3.8) is 0 Å². The third-order valence-corrected chi connectivity index (χ3v) is 4.52. The molecule has 1 saturated heterocycles. The summed E-state index contributed by atoms with van der Waals surface area (Å²) < 4.78 is 7.40. The Bertz CT molecular complexity index is 531. The second kappa shape index (κ2) is 5.07. The highest BCUT2D eigenvalue weighted by atomic mass is 32.1. The third-order valence-electron chi connectivity index (χ3n) is 3.58. The summed E-state index contributed by atoms with van der Waals surface area (Å²) in [6.45, 7) is 4.89. The van der Waals surface area contributed by atoms with Crippen LogP contribution in [0.15, 0.2) is 29.9 Å². The lowest BCUT2D eigenvalue weighted by Crippen LogP contribution is -2.48. The quantitative estimate of drug-likeness (QED) is 0.910. The monoisotopic (exact) mass is 277 g/mol. The second-order valence-corrected chi connectivity index (χ2v) is 6.51. The van der Waals surface area contributed by atoms with Gasteiger partial charge in [0.1, 0.15) is 11.9 Å². The van der Waals surface area contributed by atoms with E-state index in [0.29, 0.717) is 0 Å². The summed E-state index contributed by atoms with van der Waals surface area (Å²) in [6.07, 6.45) is 3.84. The van der Waals surface area contributed by atoms with Crippen molar-refractivity contribution in [1.82, 2.24) is 14.9 Å². The lowest BCUT2D eigenvalue weighted by atomic mass is 9.88. The number of hydrogen-bond donors (Lipinski definition) is 1. The minimum absolute atomic E-state index is 0.164. The molecule has 3 heterocycles. The zero-order valence-corrected chi connectivity index (χ0v) is 12.1. The molecule has 0 bridgehead atoms. The van der Waals surface area contributed by atoms with E-state index in [4.69, 9.17) is 4.74 Å². The van der Waals surface area contributed by atoms with Crippen LogP contribution in [0.1, 0.15) is 23.7 Å². The lowest BCUT2D eigenvalue weighted by molar-refractivity contribution is -0.0997. The van der Waals surface area contributed by atoms with Crippen molar-refractivity contribution in [3.8, 4) is 0 Å². The number of nitrogens with zero attached hydrogens (tertiary/aromatic N) is 2. The first-order valence-corrected chi connectivity index (χ1v) is 7.38. The highest BCUT2D eigenvalue weighted by molar-refractivity contribution is 7.10. The molecule has 1 aliphatic heterocycles. The SMILES string of the molecule is Cn1ccnc1C(NCC1(C)COC1)c1cccs1. The molecule has 1 unspecified atom stereocenters. The van der Waals surface area contributed by atoms with E-state index < -0.39 is 0 Å². The fraction of sp³-hybridized carbons (Fsp3) is 0.500. The molecule has 5 heteroatoms. The van der Waals surface area contributed by atoms with Gasteiger partial charge in [0.15, 0.2) is 0 Å². The molecule has 0 spiro atoms. The number of rotatable bonds is 5. The van der Waals surface area contributed by atoms with Crippen molar-refractivity contribution < 1.29 is 4.74 Å². The summed E-state index contributed by atoms with van der Waals surface area (Å²) in [7, 11) is 2.04. The Balaban J connectivity index is 1.79. The molecule has 1 atom stereocenters. The van der Waals surface area contributed by atoms with E-state index in [1.54, 1.807) is 11.3 Å². The normalized spacial score (nSPS) is 19.1. The van der Waals surface area contributed by atoms with Gasteiger partial charge in [-0.3, -0.25) is 0 Å². The van der Waals surface area contributed by atoms with Gasteiger partial charge in [-0.15, -0.1) is 11.3 Å². The smallest absolute Gasteiger partial charge is 0.131 e. The number of ether oxygens (including phenoxy) is 1. The molecule has 3 rings (SSSR count). The molecular weight excluding hydrogens is 258 g/mol. The molecule has 1 aliphatic rings. The van der Waals surface area contributed by atoms with E-state index >= 15 is 0 Å². The Labute approximate surface area is 117 Å². The van der Waals surface area contributed by atoms with Crippen LogP contribution >= 0.6 is 11.3 Å². The Morgan fingerprint density at radius 2 is 2.42 bits per heavy atom. The van der Waals surface area contributed by atoms with Gasteiger partial charge in [0.05, 0.1) is 13.2 Å². The van der Waals surface area contributed by atoms with Crippen molar-refractivity contribution in [2.45, 2.75) is 13.0 Å². The van der Waals surface area contributed by atoms with Gasteiger partial charge in [-0.2, -0.15) is 0 Å². The second-order valence-electron chi connectivity index (χ2n) is 5.53. The largest absolute Gasteiger partial charge is 0.380 e. The van der Waals surface area contributed by atoms with Gasteiger partial charge < -0.3 is 14.6 Å². The van der Waals surface area contributed by atoms with Crippen molar-refractivity contribution in [2.75, 3.05) is 19.8 Å². The molecule has 0 aliphatic carbocycles. The van der Waals surface area contributed by atoms with Crippen LogP contribution in [0.5, 0.6) is 0 Å². The average Bonchev–Trinajstić information content (AvgIpc) is 3.00. The van der Waals surface area contributed by atoms with E-state index in [2.05, 4.69) is 39.3 Å². The maximum atomic E-state index is 5.32. The van der Waals surface area contributed by atoms with Crippen molar-refractivity contribution >= 4 is 11.3 Å². The van der Waals surface area contributed by atoms with Gasteiger partial charge in [-0.1, -0.05) is 13.0 Å². The number of imidazole rings is 1. The minimum atomic E-state index is 0.164. The Morgan fingerprint density at radius 3 is 2.95 bits per heavy atom. The summed E-state index contributed by atoms with van der Waals surface area (Å²) in [4.78, 5) is 5.80. The molecule has 4 nitrogen and oxygen atoms in total. The van der Waals surface area contributed by atoms with Crippen LogP contribution in [0.4, 0.5) is 0 Å². The Hall–Kier alpha value is -1.17. The van der Waals surface area contributed by atoms with Crippen molar-refractivity contribution in [1.29, 1.82) is 0 Å². The van der Waals surface area contributed by atoms with E-state index in [1.165, 1.54) is 4.88 Å². The van der Waals surface area contributed by atoms with E-state index in [-0.39, 0.29) is 11.5 Å². The summed E-state index contributed by atoms with van der Waals surface area (Å²) in [5.74, 6) is 1.06. The molecule has 102 valence electrons. The molecular formula is C14H19N3OS. The number of aryl methyl sites for hydroxylation is 1. The van der Waals surface area contributed by atoms with Gasteiger partial charge in [-0.05, 0) is 11.4 Å². The molecule has 19 heavy (non-hydrogen) atoms. The maximum Gasteiger partial charge on any atom is 0.131 e. The molecule has 1 N–H and O–H groups in total. The standard InChI is InChI=1S/C14H19N3OS/c1-14(9-18-10-14)8-16-12(11-4-3-7-19-11)13-15-5-6-17(13)2/h3-7,12,16H,8-10H2,1-2H3. The van der Waals surface area contributed by atoms with Gasteiger partial charge in [0.2, 0.25) is 0 Å². The van der Waals surface area contributed by atoms with Crippen LogP contribution in [-0.2, 0) is 11.8 Å². The van der Waals surface area contributed by atoms with Crippen LogP contribution in [0.3, 0.4) is 0 Å². The topological polar surface area (TPSA) is 39.1 Å². The first-order valence-electron chi connectivity index (χ1n) is 6.50. The van der Waals surface area contributed by atoms with E-state index in [9.17, 15) is 0 Å². The fourth-order valence-corrected chi connectivity index (χ4v) is 3.13. The summed E-state index contributed by atoms with van der Waals surface area (Å²) >= 11 is 1.77. The highest BCUT2D eigenvalue weighted by Gasteiger charge is 2.34. The molecule has 0 aromatic carbocycles. The molecule has 0 amide bonds. The Morgan fingerprint density at radius 1 is 1.58 bits per heavy atom. The molecule has 0 radical (unpaired) electrons.